The Kier molecular flexibility index (Phi) is 1.79. The van der Waals surface area contributed by atoms with Crippen molar-refractivity contribution in [3.63, 3.8) is 0 Å². The van der Waals surface area contributed by atoms with Gasteiger partial charge in [0.25, 0.3) is 0 Å². The highest BCUT2D eigenvalue weighted by atomic mass is 16.3. The van der Waals surface area contributed by atoms with Gasteiger partial charge in [-0.1, -0.05) is 6.92 Å². The van der Waals surface area contributed by atoms with Gasteiger partial charge < -0.3 is 4.42 Å². The van der Waals surface area contributed by atoms with E-state index in [9.17, 15) is 0 Å². The molecule has 0 amide bonds. The Morgan fingerprint density at radius 3 is 2.77 bits per heavy atom. The Morgan fingerprint density at radius 1 is 1.31 bits per heavy atom. The lowest BCUT2D eigenvalue weighted by Gasteiger charge is -1.96. The molecule has 0 saturated heterocycles. The zero-order valence-electron chi connectivity index (χ0n) is 8.09. The molecular weight excluding hydrogens is 164 g/mol. The maximum absolute atomic E-state index is 5.49. The molecule has 0 bridgehead atoms. The van der Waals surface area contributed by atoms with Gasteiger partial charge in [-0.15, -0.1) is 0 Å². The molecule has 0 aliphatic rings. The molecule has 0 radical (unpaired) electrons. The van der Waals surface area contributed by atoms with Crippen LogP contribution in [0.2, 0.25) is 0 Å². The molecule has 3 nitrogen and oxygen atoms in total. The van der Waals surface area contributed by atoms with E-state index < -0.39 is 0 Å². The molecule has 2 rings (SSSR count). The van der Waals surface area contributed by atoms with Gasteiger partial charge in [-0.05, 0) is 20.3 Å². The molecule has 0 aliphatic heterocycles. The number of rotatable bonds is 1. The molecule has 0 saturated carbocycles. The summed E-state index contributed by atoms with van der Waals surface area (Å²) in [5.74, 6) is 0.935. The third-order valence-electron chi connectivity index (χ3n) is 2.38. The van der Waals surface area contributed by atoms with E-state index >= 15 is 0 Å². The fraction of sp³-hybridized carbons (Fsp3) is 0.400. The summed E-state index contributed by atoms with van der Waals surface area (Å²) < 4.78 is 5.49. The predicted octanol–water partition coefficient (Wildman–Crippen LogP) is 2.40. The molecular formula is C10H12N2O. The van der Waals surface area contributed by atoms with Crippen LogP contribution in [0.1, 0.15) is 23.9 Å². The normalized spacial score (nSPS) is 11.0. The van der Waals surface area contributed by atoms with E-state index in [0.717, 1.165) is 28.8 Å². The number of hydrogen-bond acceptors (Lipinski definition) is 3. The standard InChI is InChI=1S/C10H12N2O/c1-4-8-9-6(2)7(3)13-10(9)12-5-11-8/h5H,4H2,1-3H3. The van der Waals surface area contributed by atoms with E-state index in [1.807, 2.05) is 13.8 Å². The Bertz CT molecular complexity index is 445. The zero-order valence-corrected chi connectivity index (χ0v) is 8.09. The van der Waals surface area contributed by atoms with Crippen LogP contribution in [0.5, 0.6) is 0 Å². The topological polar surface area (TPSA) is 38.9 Å². The second kappa shape index (κ2) is 2.83. The summed E-state index contributed by atoms with van der Waals surface area (Å²) >= 11 is 0. The quantitative estimate of drug-likeness (QED) is 0.669. The van der Waals surface area contributed by atoms with Crippen LogP contribution in [0.3, 0.4) is 0 Å². The number of furan rings is 1. The lowest BCUT2D eigenvalue weighted by atomic mass is 10.1. The molecule has 0 spiro atoms. The summed E-state index contributed by atoms with van der Waals surface area (Å²) in [7, 11) is 0. The summed E-state index contributed by atoms with van der Waals surface area (Å²) in [6.45, 7) is 6.09. The minimum atomic E-state index is 0.710. The van der Waals surface area contributed by atoms with Crippen molar-refractivity contribution in [2.45, 2.75) is 27.2 Å². The summed E-state index contributed by atoms with van der Waals surface area (Å²) in [6.07, 6.45) is 2.47. The van der Waals surface area contributed by atoms with Gasteiger partial charge in [0.1, 0.15) is 12.1 Å². The fourth-order valence-electron chi connectivity index (χ4n) is 1.52. The van der Waals surface area contributed by atoms with Gasteiger partial charge in [-0.3, -0.25) is 0 Å². The van der Waals surface area contributed by atoms with Crippen molar-refractivity contribution in [1.29, 1.82) is 0 Å². The highest BCUT2D eigenvalue weighted by Crippen LogP contribution is 2.24. The van der Waals surface area contributed by atoms with Crippen LogP contribution in [-0.4, -0.2) is 9.97 Å². The van der Waals surface area contributed by atoms with Gasteiger partial charge >= 0.3 is 0 Å². The van der Waals surface area contributed by atoms with Gasteiger partial charge in [0.2, 0.25) is 5.71 Å². The maximum atomic E-state index is 5.49. The zero-order chi connectivity index (χ0) is 9.42. The van der Waals surface area contributed by atoms with E-state index in [2.05, 4.69) is 16.9 Å². The smallest absolute Gasteiger partial charge is 0.229 e. The summed E-state index contributed by atoms with van der Waals surface area (Å²) in [4.78, 5) is 8.32. The average molecular weight is 176 g/mol. The minimum Gasteiger partial charge on any atom is -0.443 e. The molecule has 68 valence electrons. The first-order valence-electron chi connectivity index (χ1n) is 4.43. The molecule has 0 aliphatic carbocycles. The summed E-state index contributed by atoms with van der Waals surface area (Å²) in [6, 6.07) is 0. The summed E-state index contributed by atoms with van der Waals surface area (Å²) in [5, 5.41) is 1.09. The minimum absolute atomic E-state index is 0.710. The molecule has 0 aromatic carbocycles. The second-order valence-corrected chi connectivity index (χ2v) is 3.14. The van der Waals surface area contributed by atoms with Crippen LogP contribution in [0.25, 0.3) is 11.1 Å². The van der Waals surface area contributed by atoms with Gasteiger partial charge in [-0.2, -0.15) is 0 Å². The van der Waals surface area contributed by atoms with Crippen molar-refractivity contribution < 1.29 is 4.42 Å². The van der Waals surface area contributed by atoms with E-state index in [1.54, 1.807) is 6.33 Å². The van der Waals surface area contributed by atoms with Gasteiger partial charge in [-0.25, -0.2) is 9.97 Å². The summed E-state index contributed by atoms with van der Waals surface area (Å²) in [5.41, 5.74) is 2.94. The molecule has 2 aromatic rings. The van der Waals surface area contributed by atoms with Crippen LogP contribution >= 0.6 is 0 Å². The van der Waals surface area contributed by atoms with Crippen LogP contribution in [0.4, 0.5) is 0 Å². The molecule has 3 heteroatoms. The first kappa shape index (κ1) is 8.23. The van der Waals surface area contributed by atoms with Gasteiger partial charge in [0.15, 0.2) is 0 Å². The van der Waals surface area contributed by atoms with Crippen molar-refractivity contribution in [1.82, 2.24) is 9.97 Å². The Balaban J connectivity index is 2.87. The SMILES string of the molecule is CCc1ncnc2oc(C)c(C)c12. The first-order chi connectivity index (χ1) is 6.24. The Labute approximate surface area is 76.8 Å². The van der Waals surface area contributed by atoms with Crippen LogP contribution in [0, 0.1) is 13.8 Å². The molecule has 2 heterocycles. The van der Waals surface area contributed by atoms with Crippen molar-refractivity contribution in [3.05, 3.63) is 23.3 Å². The molecule has 0 atom stereocenters. The van der Waals surface area contributed by atoms with E-state index in [1.165, 1.54) is 0 Å². The lowest BCUT2D eigenvalue weighted by Crippen LogP contribution is -1.89. The van der Waals surface area contributed by atoms with Crippen LogP contribution < -0.4 is 0 Å². The van der Waals surface area contributed by atoms with Gasteiger partial charge in [0, 0.05) is 5.56 Å². The largest absolute Gasteiger partial charge is 0.443 e. The van der Waals surface area contributed by atoms with E-state index in [4.69, 9.17) is 4.42 Å². The highest BCUT2D eigenvalue weighted by Gasteiger charge is 2.11. The molecule has 0 N–H and O–H groups in total. The van der Waals surface area contributed by atoms with E-state index in [0.29, 0.717) is 5.71 Å². The first-order valence-corrected chi connectivity index (χ1v) is 4.43. The highest BCUT2D eigenvalue weighted by molar-refractivity contribution is 5.80. The van der Waals surface area contributed by atoms with Crippen molar-refractivity contribution in [2.24, 2.45) is 0 Å². The molecule has 13 heavy (non-hydrogen) atoms. The van der Waals surface area contributed by atoms with Crippen molar-refractivity contribution in [3.8, 4) is 0 Å². The van der Waals surface area contributed by atoms with Crippen LogP contribution in [0.15, 0.2) is 10.7 Å². The number of hydrogen-bond donors (Lipinski definition) is 0. The third-order valence-corrected chi connectivity index (χ3v) is 2.38. The molecule has 2 aromatic heterocycles. The fourth-order valence-corrected chi connectivity index (χ4v) is 1.52. The van der Waals surface area contributed by atoms with Crippen molar-refractivity contribution >= 4 is 11.1 Å². The Hall–Kier alpha value is -1.38. The number of nitrogens with zero attached hydrogens (tertiary/aromatic N) is 2. The second-order valence-electron chi connectivity index (χ2n) is 3.14. The predicted molar refractivity (Wildman–Crippen MR) is 50.7 cm³/mol. The van der Waals surface area contributed by atoms with Crippen LogP contribution in [-0.2, 0) is 6.42 Å². The number of fused-ring (bicyclic) bond motifs is 1. The number of aromatic nitrogens is 2. The van der Waals surface area contributed by atoms with Crippen molar-refractivity contribution in [2.75, 3.05) is 0 Å². The monoisotopic (exact) mass is 176 g/mol. The lowest BCUT2D eigenvalue weighted by molar-refractivity contribution is 0.563. The third kappa shape index (κ3) is 1.11. The Morgan fingerprint density at radius 2 is 2.08 bits per heavy atom. The molecule has 0 fully saturated rings. The average Bonchev–Trinajstić information content (AvgIpc) is 2.43. The van der Waals surface area contributed by atoms with Gasteiger partial charge in [0.05, 0.1) is 11.1 Å². The van der Waals surface area contributed by atoms with E-state index in [-0.39, 0.29) is 0 Å². The number of aryl methyl sites for hydroxylation is 3. The molecule has 0 unspecified atom stereocenters. The maximum Gasteiger partial charge on any atom is 0.229 e.